The van der Waals surface area contributed by atoms with Gasteiger partial charge in [-0.05, 0) is 51.1 Å². The van der Waals surface area contributed by atoms with E-state index in [1.807, 2.05) is 11.9 Å². The van der Waals surface area contributed by atoms with Crippen LogP contribution in [0.4, 0.5) is 0 Å². The van der Waals surface area contributed by atoms with Gasteiger partial charge in [-0.25, -0.2) is 0 Å². The largest absolute Gasteiger partial charge is 0.396 e. The zero-order valence-corrected chi connectivity index (χ0v) is 12.5. The van der Waals surface area contributed by atoms with Crippen molar-refractivity contribution in [2.75, 3.05) is 26.7 Å². The lowest BCUT2D eigenvalue weighted by molar-refractivity contribution is 0.0945. The summed E-state index contributed by atoms with van der Waals surface area (Å²) in [6, 6.07) is 4.91. The topological polar surface area (TPSA) is 40.5 Å². The van der Waals surface area contributed by atoms with Gasteiger partial charge >= 0.3 is 0 Å². The lowest BCUT2D eigenvalue weighted by Gasteiger charge is -2.16. The highest BCUT2D eigenvalue weighted by atomic mass is 35.5. The number of Topliss-reactive ketones (excluding diaryl/α,β-unsaturated/α-hetero) is 1. The lowest BCUT2D eigenvalue weighted by atomic mass is 10.1. The average Bonchev–Trinajstić information content (AvgIpc) is 2.37. The molecule has 0 aromatic heterocycles. The predicted octanol–water partition coefficient (Wildman–Crippen LogP) is 3.27. The minimum Gasteiger partial charge on any atom is -0.396 e. The van der Waals surface area contributed by atoms with Crippen molar-refractivity contribution in [2.24, 2.45) is 0 Å². The van der Waals surface area contributed by atoms with Gasteiger partial charge < -0.3 is 5.11 Å². The van der Waals surface area contributed by atoms with Crippen LogP contribution in [0.15, 0.2) is 18.2 Å². The average molecular weight is 304 g/mol. The van der Waals surface area contributed by atoms with Crippen molar-refractivity contribution >= 4 is 29.0 Å². The Bertz CT molecular complexity index is 424. The van der Waals surface area contributed by atoms with E-state index in [1.165, 1.54) is 0 Å². The number of carbonyl (C=O) groups excluding carboxylic acids is 1. The van der Waals surface area contributed by atoms with Gasteiger partial charge in [0.2, 0.25) is 0 Å². The minimum atomic E-state index is -0.0304. The first-order valence-corrected chi connectivity index (χ1v) is 7.08. The summed E-state index contributed by atoms with van der Waals surface area (Å²) in [5.74, 6) is -0.0304. The molecule has 1 rings (SSSR count). The van der Waals surface area contributed by atoms with Crippen LogP contribution in [0.25, 0.3) is 0 Å². The Kier molecular flexibility index (Phi) is 7.39. The molecule has 0 unspecified atom stereocenters. The Morgan fingerprint density at radius 1 is 1.26 bits per heavy atom. The number of likely N-dealkylation sites (N-methyl/N-ethyl adjacent to an activating group) is 1. The van der Waals surface area contributed by atoms with Crippen molar-refractivity contribution in [3.05, 3.63) is 33.8 Å². The molecule has 0 aliphatic carbocycles. The highest BCUT2D eigenvalue weighted by Crippen LogP contribution is 2.21. The van der Waals surface area contributed by atoms with E-state index in [9.17, 15) is 4.79 Å². The molecule has 0 amide bonds. The fourth-order valence-electron chi connectivity index (χ4n) is 1.79. The van der Waals surface area contributed by atoms with E-state index in [2.05, 4.69) is 0 Å². The summed E-state index contributed by atoms with van der Waals surface area (Å²) in [4.78, 5) is 14.0. The fraction of sp³-hybridized carbons (Fsp3) is 0.500. The highest BCUT2D eigenvalue weighted by Gasteiger charge is 2.13. The van der Waals surface area contributed by atoms with E-state index in [-0.39, 0.29) is 12.4 Å². The lowest BCUT2D eigenvalue weighted by Crippen LogP contribution is -2.27. The third-order valence-electron chi connectivity index (χ3n) is 2.84. The second-order valence-electron chi connectivity index (χ2n) is 4.57. The number of rotatable bonds is 8. The van der Waals surface area contributed by atoms with Crippen LogP contribution in [-0.2, 0) is 0 Å². The second kappa shape index (κ2) is 8.54. The Morgan fingerprint density at radius 2 is 2.00 bits per heavy atom. The SMILES string of the molecule is CN(CCCCCO)CC(=O)c1cc(Cl)ccc1Cl. The second-order valence-corrected chi connectivity index (χ2v) is 5.41. The number of ketones is 1. The molecule has 0 saturated heterocycles. The molecule has 1 N–H and O–H groups in total. The summed E-state index contributed by atoms with van der Waals surface area (Å²) in [7, 11) is 1.90. The van der Waals surface area contributed by atoms with Gasteiger partial charge in [0.05, 0.1) is 11.6 Å². The number of hydrogen-bond acceptors (Lipinski definition) is 3. The van der Waals surface area contributed by atoms with Gasteiger partial charge in [-0.1, -0.05) is 23.2 Å². The van der Waals surface area contributed by atoms with Crippen molar-refractivity contribution in [3.8, 4) is 0 Å². The van der Waals surface area contributed by atoms with Crippen molar-refractivity contribution in [1.82, 2.24) is 4.90 Å². The summed E-state index contributed by atoms with van der Waals surface area (Å²) in [6.07, 6.45) is 2.74. The van der Waals surface area contributed by atoms with E-state index >= 15 is 0 Å². The number of hydrogen-bond donors (Lipinski definition) is 1. The van der Waals surface area contributed by atoms with Crippen molar-refractivity contribution in [3.63, 3.8) is 0 Å². The van der Waals surface area contributed by atoms with Crippen molar-refractivity contribution in [1.29, 1.82) is 0 Å². The standard InChI is InChI=1S/C14H19Cl2NO2/c1-17(7-3-2-4-8-18)10-14(19)12-9-11(15)5-6-13(12)16/h5-6,9,18H,2-4,7-8,10H2,1H3. The molecule has 0 aliphatic heterocycles. The monoisotopic (exact) mass is 303 g/mol. The molecule has 0 heterocycles. The van der Waals surface area contributed by atoms with Gasteiger partial charge in [0.25, 0.3) is 0 Å². The summed E-state index contributed by atoms with van der Waals surface area (Å²) >= 11 is 11.9. The van der Waals surface area contributed by atoms with Gasteiger partial charge in [-0.15, -0.1) is 0 Å². The maximum absolute atomic E-state index is 12.1. The zero-order valence-electron chi connectivity index (χ0n) is 11.0. The molecule has 0 bridgehead atoms. The number of aliphatic hydroxyl groups excluding tert-OH is 1. The van der Waals surface area contributed by atoms with Crippen LogP contribution < -0.4 is 0 Å². The van der Waals surface area contributed by atoms with Crippen LogP contribution in [0, 0.1) is 0 Å². The van der Waals surface area contributed by atoms with Gasteiger partial charge in [0, 0.05) is 17.2 Å². The van der Waals surface area contributed by atoms with Gasteiger partial charge in [0.15, 0.2) is 5.78 Å². The van der Waals surface area contributed by atoms with E-state index < -0.39 is 0 Å². The summed E-state index contributed by atoms with van der Waals surface area (Å²) in [6.45, 7) is 1.36. The fourth-order valence-corrected chi connectivity index (χ4v) is 2.19. The molecule has 3 nitrogen and oxygen atoms in total. The zero-order chi connectivity index (χ0) is 14.3. The molecule has 0 radical (unpaired) electrons. The van der Waals surface area contributed by atoms with Crippen LogP contribution in [0.2, 0.25) is 10.0 Å². The van der Waals surface area contributed by atoms with E-state index in [1.54, 1.807) is 18.2 Å². The number of unbranched alkanes of at least 4 members (excludes halogenated alkanes) is 2. The summed E-state index contributed by atoms with van der Waals surface area (Å²) < 4.78 is 0. The van der Waals surface area contributed by atoms with Crippen LogP contribution >= 0.6 is 23.2 Å². The first-order chi connectivity index (χ1) is 9.04. The maximum Gasteiger partial charge on any atom is 0.178 e. The molecule has 0 fully saturated rings. The molecular formula is C14H19Cl2NO2. The molecule has 5 heteroatoms. The van der Waals surface area contributed by atoms with Crippen LogP contribution in [-0.4, -0.2) is 42.5 Å². The Hall–Kier alpha value is -0.610. The Labute approximate surface area is 124 Å². The van der Waals surface area contributed by atoms with Crippen molar-refractivity contribution in [2.45, 2.75) is 19.3 Å². The van der Waals surface area contributed by atoms with Crippen LogP contribution in [0.1, 0.15) is 29.6 Å². The van der Waals surface area contributed by atoms with Crippen LogP contribution in [0.5, 0.6) is 0 Å². The molecule has 1 aromatic carbocycles. The van der Waals surface area contributed by atoms with Gasteiger partial charge in [0.1, 0.15) is 0 Å². The van der Waals surface area contributed by atoms with E-state index in [4.69, 9.17) is 28.3 Å². The van der Waals surface area contributed by atoms with Gasteiger partial charge in [-0.2, -0.15) is 0 Å². The summed E-state index contributed by atoms with van der Waals surface area (Å²) in [5, 5.41) is 9.63. The normalized spacial score (nSPS) is 11.0. The third kappa shape index (κ3) is 5.91. The summed E-state index contributed by atoms with van der Waals surface area (Å²) in [5.41, 5.74) is 0.469. The maximum atomic E-state index is 12.1. The third-order valence-corrected chi connectivity index (χ3v) is 3.40. The van der Waals surface area contributed by atoms with Crippen LogP contribution in [0.3, 0.4) is 0 Å². The Morgan fingerprint density at radius 3 is 2.68 bits per heavy atom. The molecule has 106 valence electrons. The smallest absolute Gasteiger partial charge is 0.178 e. The number of aliphatic hydroxyl groups is 1. The highest BCUT2D eigenvalue weighted by molar-refractivity contribution is 6.36. The number of benzene rings is 1. The molecule has 19 heavy (non-hydrogen) atoms. The molecule has 0 saturated carbocycles. The first-order valence-electron chi connectivity index (χ1n) is 6.32. The van der Waals surface area contributed by atoms with Crippen molar-refractivity contribution < 1.29 is 9.90 Å². The molecular weight excluding hydrogens is 285 g/mol. The molecule has 0 aliphatic rings. The van der Waals surface area contributed by atoms with Gasteiger partial charge in [-0.3, -0.25) is 9.69 Å². The van der Waals surface area contributed by atoms with E-state index in [0.29, 0.717) is 22.2 Å². The number of carbonyl (C=O) groups is 1. The molecule has 0 atom stereocenters. The first kappa shape index (κ1) is 16.4. The molecule has 0 spiro atoms. The quantitative estimate of drug-likeness (QED) is 0.592. The number of halogens is 2. The number of nitrogens with zero attached hydrogens (tertiary/aromatic N) is 1. The Balaban J connectivity index is 2.47. The van der Waals surface area contributed by atoms with E-state index in [0.717, 1.165) is 25.8 Å². The predicted molar refractivity (Wildman–Crippen MR) is 79.2 cm³/mol. The minimum absolute atomic E-state index is 0.0304. The molecule has 1 aromatic rings.